The van der Waals surface area contributed by atoms with E-state index in [1.54, 1.807) is 6.20 Å². The number of anilines is 3. The maximum Gasteiger partial charge on any atom is 0.227 e. The molecule has 0 aliphatic carbocycles. The van der Waals surface area contributed by atoms with E-state index in [9.17, 15) is 0 Å². The van der Waals surface area contributed by atoms with Crippen LogP contribution in [0, 0.1) is 0 Å². The minimum Gasteiger partial charge on any atom is -0.437 e. The fourth-order valence-electron chi connectivity index (χ4n) is 5.83. The van der Waals surface area contributed by atoms with Crippen molar-refractivity contribution in [3.63, 3.8) is 0 Å². The summed E-state index contributed by atoms with van der Waals surface area (Å²) in [5, 5.41) is 4.30. The van der Waals surface area contributed by atoms with Crippen LogP contribution in [-0.4, -0.2) is 4.98 Å². The fraction of sp³-hybridized carbons (Fsp3) is 0. The van der Waals surface area contributed by atoms with Crippen LogP contribution < -0.4 is 4.90 Å². The molecular formula is C39H26N2O. The Morgan fingerprint density at radius 1 is 0.429 bits per heavy atom. The van der Waals surface area contributed by atoms with E-state index in [2.05, 4.69) is 143 Å². The number of aromatic nitrogens is 1. The molecule has 198 valence electrons. The van der Waals surface area contributed by atoms with Gasteiger partial charge in [0.15, 0.2) is 0 Å². The summed E-state index contributed by atoms with van der Waals surface area (Å²) in [7, 11) is 0. The summed E-state index contributed by atoms with van der Waals surface area (Å²) < 4.78 is 6.31. The van der Waals surface area contributed by atoms with Crippen molar-refractivity contribution in [2.75, 3.05) is 4.90 Å². The topological polar surface area (TPSA) is 29.3 Å². The molecule has 0 spiro atoms. The Bertz CT molecular complexity index is 2080. The molecule has 0 aliphatic rings. The predicted octanol–water partition coefficient (Wildman–Crippen LogP) is 10.9. The Kier molecular flexibility index (Phi) is 5.79. The Hall–Kier alpha value is -5.67. The molecule has 0 saturated carbocycles. The van der Waals surface area contributed by atoms with Gasteiger partial charge in [0.05, 0.1) is 0 Å². The van der Waals surface area contributed by atoms with E-state index < -0.39 is 0 Å². The fourth-order valence-corrected chi connectivity index (χ4v) is 5.83. The molecule has 2 heterocycles. The van der Waals surface area contributed by atoms with E-state index in [-0.39, 0.29) is 0 Å². The van der Waals surface area contributed by atoms with E-state index in [1.807, 2.05) is 18.2 Å². The van der Waals surface area contributed by atoms with Crippen molar-refractivity contribution < 1.29 is 4.42 Å². The molecule has 0 unspecified atom stereocenters. The largest absolute Gasteiger partial charge is 0.437 e. The molecule has 0 N–H and O–H groups in total. The van der Waals surface area contributed by atoms with E-state index in [1.165, 1.54) is 22.3 Å². The van der Waals surface area contributed by atoms with Gasteiger partial charge in [-0.2, -0.15) is 0 Å². The Balaban J connectivity index is 1.28. The molecule has 0 fully saturated rings. The number of nitrogens with zero attached hydrogens (tertiary/aromatic N) is 2. The van der Waals surface area contributed by atoms with Gasteiger partial charge >= 0.3 is 0 Å². The van der Waals surface area contributed by atoms with Crippen LogP contribution in [0.1, 0.15) is 0 Å². The number of hydrogen-bond acceptors (Lipinski definition) is 3. The van der Waals surface area contributed by atoms with E-state index in [0.29, 0.717) is 5.71 Å². The van der Waals surface area contributed by atoms with Gasteiger partial charge in [-0.25, -0.2) is 4.98 Å². The number of hydrogen-bond donors (Lipinski definition) is 0. The standard InChI is InChI=1S/C39H26N2O/c1-3-8-27(9-4-1)29-13-19-32(20-14-29)41(33-21-15-30(16-22-33)28-10-5-2-6-11-28)34-23-17-31-18-24-35-36-12-7-25-40-39(36)42-38(35)37(31)26-34/h1-26H. The molecule has 0 saturated heterocycles. The lowest BCUT2D eigenvalue weighted by Gasteiger charge is -2.26. The Morgan fingerprint density at radius 3 is 1.60 bits per heavy atom. The molecule has 8 rings (SSSR count). The molecule has 3 heteroatoms. The first-order chi connectivity index (χ1) is 20.8. The molecular weight excluding hydrogens is 512 g/mol. The molecule has 3 nitrogen and oxygen atoms in total. The smallest absolute Gasteiger partial charge is 0.227 e. The van der Waals surface area contributed by atoms with Gasteiger partial charge in [-0.3, -0.25) is 0 Å². The first-order valence-electron chi connectivity index (χ1n) is 14.1. The van der Waals surface area contributed by atoms with E-state index >= 15 is 0 Å². The average Bonchev–Trinajstić information content (AvgIpc) is 3.46. The van der Waals surface area contributed by atoms with Crippen molar-refractivity contribution >= 4 is 49.9 Å². The quantitative estimate of drug-likeness (QED) is 0.218. The van der Waals surface area contributed by atoms with E-state index in [0.717, 1.165) is 44.2 Å². The van der Waals surface area contributed by atoms with Gasteiger partial charge in [0.2, 0.25) is 5.71 Å². The van der Waals surface area contributed by atoms with Crippen LogP contribution in [0.15, 0.2) is 162 Å². The molecule has 0 atom stereocenters. The van der Waals surface area contributed by atoms with Gasteiger partial charge in [-0.1, -0.05) is 97.1 Å². The summed E-state index contributed by atoms with van der Waals surface area (Å²) in [5.74, 6) is 0. The van der Waals surface area contributed by atoms with E-state index in [4.69, 9.17) is 4.42 Å². The number of fused-ring (bicyclic) bond motifs is 5. The van der Waals surface area contributed by atoms with Crippen LogP contribution in [0.5, 0.6) is 0 Å². The normalized spacial score (nSPS) is 11.3. The minimum atomic E-state index is 0.662. The number of rotatable bonds is 5. The minimum absolute atomic E-state index is 0.662. The summed E-state index contributed by atoms with van der Waals surface area (Å²) in [6.07, 6.45) is 1.78. The zero-order valence-electron chi connectivity index (χ0n) is 22.8. The third-order valence-electron chi connectivity index (χ3n) is 7.94. The predicted molar refractivity (Wildman–Crippen MR) is 175 cm³/mol. The molecule has 42 heavy (non-hydrogen) atoms. The number of benzene rings is 6. The van der Waals surface area contributed by atoms with Crippen molar-refractivity contribution in [1.82, 2.24) is 4.98 Å². The lowest BCUT2D eigenvalue weighted by atomic mass is 10.0. The first kappa shape index (κ1) is 24.2. The highest BCUT2D eigenvalue weighted by atomic mass is 16.3. The van der Waals surface area contributed by atoms with Gasteiger partial charge in [0.25, 0.3) is 0 Å². The van der Waals surface area contributed by atoms with Crippen LogP contribution in [0.25, 0.3) is 55.1 Å². The second kappa shape index (κ2) is 10.1. The van der Waals surface area contributed by atoms with Crippen molar-refractivity contribution in [3.05, 3.63) is 158 Å². The summed E-state index contributed by atoms with van der Waals surface area (Å²) in [6.45, 7) is 0. The van der Waals surface area contributed by atoms with Gasteiger partial charge < -0.3 is 9.32 Å². The lowest BCUT2D eigenvalue weighted by molar-refractivity contribution is 0.657. The third-order valence-corrected chi connectivity index (χ3v) is 7.94. The molecule has 2 aromatic heterocycles. The molecule has 0 radical (unpaired) electrons. The van der Waals surface area contributed by atoms with Crippen molar-refractivity contribution in [1.29, 1.82) is 0 Å². The molecule has 0 amide bonds. The maximum absolute atomic E-state index is 6.31. The molecule has 6 aromatic carbocycles. The Labute approximate surface area is 243 Å². The van der Waals surface area contributed by atoms with Crippen LogP contribution in [0.2, 0.25) is 0 Å². The van der Waals surface area contributed by atoms with Crippen LogP contribution in [0.4, 0.5) is 17.1 Å². The number of furan rings is 1. The summed E-state index contributed by atoms with van der Waals surface area (Å²) in [5.41, 5.74) is 9.53. The summed E-state index contributed by atoms with van der Waals surface area (Å²) in [4.78, 5) is 6.78. The lowest BCUT2D eigenvalue weighted by Crippen LogP contribution is -2.09. The summed E-state index contributed by atoms with van der Waals surface area (Å²) >= 11 is 0. The molecule has 8 aromatic rings. The van der Waals surface area contributed by atoms with Gasteiger partial charge in [0.1, 0.15) is 5.58 Å². The zero-order chi connectivity index (χ0) is 27.9. The van der Waals surface area contributed by atoms with Crippen LogP contribution in [-0.2, 0) is 0 Å². The van der Waals surface area contributed by atoms with Gasteiger partial charge in [-0.15, -0.1) is 0 Å². The van der Waals surface area contributed by atoms with Crippen molar-refractivity contribution in [2.45, 2.75) is 0 Å². The zero-order valence-corrected chi connectivity index (χ0v) is 22.8. The second-order valence-electron chi connectivity index (χ2n) is 10.5. The second-order valence-corrected chi connectivity index (χ2v) is 10.5. The number of pyridine rings is 1. The molecule has 0 aliphatic heterocycles. The summed E-state index contributed by atoms with van der Waals surface area (Å²) in [6, 6.07) is 53.5. The van der Waals surface area contributed by atoms with Crippen LogP contribution >= 0.6 is 0 Å². The monoisotopic (exact) mass is 538 g/mol. The highest BCUT2D eigenvalue weighted by Gasteiger charge is 2.16. The molecule has 0 bridgehead atoms. The van der Waals surface area contributed by atoms with Crippen molar-refractivity contribution in [2.24, 2.45) is 0 Å². The maximum atomic E-state index is 6.31. The van der Waals surface area contributed by atoms with Gasteiger partial charge in [-0.05, 0) is 82.2 Å². The first-order valence-corrected chi connectivity index (χ1v) is 14.1. The highest BCUT2D eigenvalue weighted by molar-refractivity contribution is 6.15. The van der Waals surface area contributed by atoms with Gasteiger partial charge in [0, 0.05) is 39.4 Å². The Morgan fingerprint density at radius 2 is 0.976 bits per heavy atom. The van der Waals surface area contributed by atoms with Crippen LogP contribution in [0.3, 0.4) is 0 Å². The SMILES string of the molecule is c1ccc(-c2ccc(N(c3ccc(-c4ccccc4)cc3)c3ccc4ccc5c6cccnc6oc5c4c3)cc2)cc1. The van der Waals surface area contributed by atoms with Crippen molar-refractivity contribution in [3.8, 4) is 22.3 Å². The average molecular weight is 539 g/mol. The third kappa shape index (κ3) is 4.20. The highest BCUT2D eigenvalue weighted by Crippen LogP contribution is 2.40.